The molecule has 0 saturated carbocycles. The summed E-state index contributed by atoms with van der Waals surface area (Å²) < 4.78 is 26.3. The number of rotatable bonds is 5. The van der Waals surface area contributed by atoms with E-state index in [9.17, 15) is 13.2 Å². The summed E-state index contributed by atoms with van der Waals surface area (Å²) in [6, 6.07) is 10.4. The Balaban J connectivity index is 2.38. The molecule has 9 heteroatoms. The van der Waals surface area contributed by atoms with E-state index in [4.69, 9.17) is 23.2 Å². The SMILES string of the molecule is CC(C(=O)Nc1cccc(Br)c1)N(c1cc(Cl)ccc1Cl)S(C)(=O)=O. The van der Waals surface area contributed by atoms with Crippen LogP contribution in [0.25, 0.3) is 0 Å². The van der Waals surface area contributed by atoms with Crippen LogP contribution in [0.2, 0.25) is 10.0 Å². The van der Waals surface area contributed by atoms with Crippen LogP contribution in [0, 0.1) is 0 Å². The first kappa shape index (κ1) is 20.0. The number of anilines is 2. The molecule has 2 aromatic carbocycles. The molecule has 2 aromatic rings. The number of nitrogens with one attached hydrogen (secondary N) is 1. The Labute approximate surface area is 165 Å². The molecule has 0 radical (unpaired) electrons. The number of hydrogen-bond donors (Lipinski definition) is 1. The first-order chi connectivity index (χ1) is 11.6. The summed E-state index contributed by atoms with van der Waals surface area (Å²) in [7, 11) is -3.78. The van der Waals surface area contributed by atoms with E-state index in [1.807, 2.05) is 6.07 Å². The third-order valence-corrected chi connectivity index (χ3v) is 5.60. The van der Waals surface area contributed by atoms with Gasteiger partial charge in [-0.05, 0) is 43.3 Å². The topological polar surface area (TPSA) is 66.5 Å². The fourth-order valence-electron chi connectivity index (χ4n) is 2.25. The zero-order valence-corrected chi connectivity index (χ0v) is 17.2. The highest BCUT2D eigenvalue weighted by molar-refractivity contribution is 9.10. The number of carbonyl (C=O) groups is 1. The highest BCUT2D eigenvalue weighted by Gasteiger charge is 2.30. The summed E-state index contributed by atoms with van der Waals surface area (Å²) in [5.74, 6) is -0.500. The van der Waals surface area contributed by atoms with Crippen LogP contribution in [0.4, 0.5) is 11.4 Å². The van der Waals surface area contributed by atoms with Gasteiger partial charge in [0.1, 0.15) is 6.04 Å². The molecule has 0 heterocycles. The maximum absolute atomic E-state index is 12.6. The second-order valence-corrected chi connectivity index (χ2v) is 8.95. The van der Waals surface area contributed by atoms with Gasteiger partial charge < -0.3 is 5.32 Å². The van der Waals surface area contributed by atoms with Crippen molar-refractivity contribution in [3.05, 3.63) is 57.0 Å². The van der Waals surface area contributed by atoms with Crippen LogP contribution >= 0.6 is 39.1 Å². The van der Waals surface area contributed by atoms with Crippen molar-refractivity contribution in [1.29, 1.82) is 0 Å². The van der Waals surface area contributed by atoms with Crippen molar-refractivity contribution in [3.8, 4) is 0 Å². The van der Waals surface area contributed by atoms with Gasteiger partial charge in [-0.2, -0.15) is 0 Å². The van der Waals surface area contributed by atoms with E-state index in [0.29, 0.717) is 10.7 Å². The molecular weight excluding hydrogens is 451 g/mol. The number of amides is 1. The molecule has 134 valence electrons. The van der Waals surface area contributed by atoms with Gasteiger partial charge in [0.25, 0.3) is 0 Å². The molecule has 1 N–H and O–H groups in total. The smallest absolute Gasteiger partial charge is 0.247 e. The minimum atomic E-state index is -3.78. The van der Waals surface area contributed by atoms with Crippen molar-refractivity contribution >= 4 is 66.4 Å². The van der Waals surface area contributed by atoms with E-state index < -0.39 is 22.0 Å². The van der Waals surface area contributed by atoms with Gasteiger partial charge in [0.2, 0.25) is 15.9 Å². The van der Waals surface area contributed by atoms with E-state index in [1.165, 1.54) is 19.1 Å². The monoisotopic (exact) mass is 464 g/mol. The zero-order valence-electron chi connectivity index (χ0n) is 13.3. The Bertz CT molecular complexity index is 906. The van der Waals surface area contributed by atoms with Crippen LogP contribution in [-0.2, 0) is 14.8 Å². The molecule has 1 atom stereocenters. The average Bonchev–Trinajstić information content (AvgIpc) is 2.49. The molecule has 0 bridgehead atoms. The number of halogens is 3. The van der Waals surface area contributed by atoms with Crippen LogP contribution in [0.15, 0.2) is 46.9 Å². The first-order valence-electron chi connectivity index (χ1n) is 7.10. The molecule has 0 spiro atoms. The molecule has 1 amide bonds. The van der Waals surface area contributed by atoms with Gasteiger partial charge in [0.05, 0.1) is 17.0 Å². The zero-order chi connectivity index (χ0) is 18.8. The molecule has 0 aromatic heterocycles. The van der Waals surface area contributed by atoms with Crippen molar-refractivity contribution in [2.24, 2.45) is 0 Å². The lowest BCUT2D eigenvalue weighted by atomic mass is 10.2. The Morgan fingerprint density at radius 3 is 2.48 bits per heavy atom. The third kappa shape index (κ3) is 5.10. The quantitative estimate of drug-likeness (QED) is 0.704. The molecule has 0 saturated heterocycles. The number of sulfonamides is 1. The maximum atomic E-state index is 12.6. The molecule has 25 heavy (non-hydrogen) atoms. The van der Waals surface area contributed by atoms with Gasteiger partial charge in [-0.25, -0.2) is 8.42 Å². The summed E-state index contributed by atoms with van der Waals surface area (Å²) in [5.41, 5.74) is 0.686. The van der Waals surface area contributed by atoms with E-state index >= 15 is 0 Å². The van der Waals surface area contributed by atoms with Gasteiger partial charge in [0.15, 0.2) is 0 Å². The molecule has 2 rings (SSSR count). The Morgan fingerprint density at radius 1 is 1.20 bits per heavy atom. The molecule has 0 aliphatic carbocycles. The molecule has 0 fully saturated rings. The number of carbonyl (C=O) groups excluding carboxylic acids is 1. The first-order valence-corrected chi connectivity index (χ1v) is 10.5. The predicted octanol–water partition coefficient (Wildman–Crippen LogP) is 4.55. The lowest BCUT2D eigenvalue weighted by Gasteiger charge is -2.29. The Hall–Kier alpha value is -1.28. The summed E-state index contributed by atoms with van der Waals surface area (Å²) in [6.07, 6.45) is 1.01. The minimum absolute atomic E-state index is 0.147. The van der Waals surface area contributed by atoms with Gasteiger partial charge in [-0.15, -0.1) is 0 Å². The minimum Gasteiger partial charge on any atom is -0.324 e. The van der Waals surface area contributed by atoms with Crippen molar-refractivity contribution in [1.82, 2.24) is 0 Å². The van der Waals surface area contributed by atoms with Gasteiger partial charge >= 0.3 is 0 Å². The molecule has 5 nitrogen and oxygen atoms in total. The van der Waals surface area contributed by atoms with Crippen molar-refractivity contribution in [2.75, 3.05) is 15.9 Å². The van der Waals surface area contributed by atoms with Crippen LogP contribution < -0.4 is 9.62 Å². The summed E-state index contributed by atoms with van der Waals surface area (Å²) in [6.45, 7) is 1.48. The standard InChI is InChI=1S/C16H15BrCl2N2O3S/c1-10(16(22)20-13-5-3-4-11(17)8-13)21(25(2,23)24)15-9-12(18)6-7-14(15)19/h3-10H,1-2H3,(H,20,22). The third-order valence-electron chi connectivity index (χ3n) is 3.33. The van der Waals surface area contributed by atoms with Crippen LogP contribution in [0.5, 0.6) is 0 Å². The van der Waals surface area contributed by atoms with Gasteiger partial charge in [0, 0.05) is 15.2 Å². The normalized spacial score (nSPS) is 12.5. The Morgan fingerprint density at radius 2 is 1.88 bits per heavy atom. The second kappa shape index (κ2) is 7.95. The van der Waals surface area contributed by atoms with Crippen molar-refractivity contribution in [2.45, 2.75) is 13.0 Å². The van der Waals surface area contributed by atoms with Crippen LogP contribution in [0.1, 0.15) is 6.92 Å². The fraction of sp³-hybridized carbons (Fsp3) is 0.188. The number of nitrogens with zero attached hydrogens (tertiary/aromatic N) is 1. The maximum Gasteiger partial charge on any atom is 0.247 e. The summed E-state index contributed by atoms with van der Waals surface area (Å²) in [4.78, 5) is 12.6. The fourth-order valence-corrected chi connectivity index (χ4v) is 4.25. The predicted molar refractivity (Wildman–Crippen MR) is 106 cm³/mol. The molecule has 0 aliphatic rings. The number of hydrogen-bond acceptors (Lipinski definition) is 3. The van der Waals surface area contributed by atoms with E-state index in [0.717, 1.165) is 15.0 Å². The average molecular weight is 466 g/mol. The Kier molecular flexibility index (Phi) is 6.37. The molecule has 0 aliphatic heterocycles. The highest BCUT2D eigenvalue weighted by Crippen LogP contribution is 2.32. The van der Waals surface area contributed by atoms with E-state index in [1.54, 1.807) is 24.3 Å². The second-order valence-electron chi connectivity index (χ2n) is 5.33. The van der Waals surface area contributed by atoms with E-state index in [-0.39, 0.29) is 10.7 Å². The van der Waals surface area contributed by atoms with E-state index in [2.05, 4.69) is 21.2 Å². The summed E-state index contributed by atoms with van der Waals surface area (Å²) in [5, 5.41) is 3.18. The van der Waals surface area contributed by atoms with Gasteiger partial charge in [-0.3, -0.25) is 9.10 Å². The van der Waals surface area contributed by atoms with Crippen LogP contribution in [-0.4, -0.2) is 26.6 Å². The van der Waals surface area contributed by atoms with Gasteiger partial charge in [-0.1, -0.05) is 45.2 Å². The lowest BCUT2D eigenvalue weighted by Crippen LogP contribution is -2.45. The number of benzene rings is 2. The highest BCUT2D eigenvalue weighted by atomic mass is 79.9. The largest absolute Gasteiger partial charge is 0.324 e. The van der Waals surface area contributed by atoms with Crippen molar-refractivity contribution in [3.63, 3.8) is 0 Å². The molecule has 1 unspecified atom stereocenters. The lowest BCUT2D eigenvalue weighted by molar-refractivity contribution is -0.116. The van der Waals surface area contributed by atoms with Crippen molar-refractivity contribution < 1.29 is 13.2 Å². The molecular formula is C16H15BrCl2N2O3S. The van der Waals surface area contributed by atoms with Crippen LogP contribution in [0.3, 0.4) is 0 Å². The summed E-state index contributed by atoms with van der Waals surface area (Å²) >= 11 is 15.4.